The molecule has 3 N–H and O–H groups in total. The largest absolute Gasteiger partial charge is 0.368 e. The molecule has 3 aromatic rings. The maximum Gasteiger partial charge on any atom is 0.224 e. The average molecular weight is 268 g/mol. The van der Waals surface area contributed by atoms with E-state index >= 15 is 0 Å². The standard InChI is InChI=1S/C14H16N6/c1-3-10-11-12(16-9-7-5-4-6-8-9)17-14(15)18-13(11)20(2)19-10/h4-8H,3H2,1-2H3,(H3,15,16,17,18). The van der Waals surface area contributed by atoms with Crippen molar-refractivity contribution in [3.05, 3.63) is 36.0 Å². The summed E-state index contributed by atoms with van der Waals surface area (Å²) < 4.78 is 1.74. The van der Waals surface area contributed by atoms with E-state index in [2.05, 4.69) is 27.3 Å². The summed E-state index contributed by atoms with van der Waals surface area (Å²) in [5.41, 5.74) is 8.45. The second kappa shape index (κ2) is 4.80. The van der Waals surface area contributed by atoms with E-state index in [0.29, 0.717) is 5.82 Å². The van der Waals surface area contributed by atoms with Crippen molar-refractivity contribution in [3.63, 3.8) is 0 Å². The Morgan fingerprint density at radius 2 is 1.95 bits per heavy atom. The zero-order chi connectivity index (χ0) is 14.1. The molecule has 6 heteroatoms. The summed E-state index contributed by atoms with van der Waals surface area (Å²) in [7, 11) is 1.86. The fourth-order valence-corrected chi connectivity index (χ4v) is 2.24. The SMILES string of the molecule is CCc1nn(C)c2nc(N)nc(Nc3ccccc3)c12. The zero-order valence-corrected chi connectivity index (χ0v) is 11.5. The molecule has 1 aromatic carbocycles. The highest BCUT2D eigenvalue weighted by molar-refractivity contribution is 5.92. The van der Waals surface area contributed by atoms with Gasteiger partial charge in [0.15, 0.2) is 5.65 Å². The molecule has 0 aliphatic rings. The second-order valence-corrected chi connectivity index (χ2v) is 4.54. The minimum atomic E-state index is 0.238. The molecule has 6 nitrogen and oxygen atoms in total. The number of fused-ring (bicyclic) bond motifs is 1. The van der Waals surface area contributed by atoms with Crippen LogP contribution >= 0.6 is 0 Å². The number of para-hydroxylation sites is 1. The summed E-state index contributed by atoms with van der Waals surface area (Å²) in [4.78, 5) is 8.59. The van der Waals surface area contributed by atoms with Gasteiger partial charge in [0.05, 0.1) is 11.1 Å². The van der Waals surface area contributed by atoms with Crippen LogP contribution < -0.4 is 11.1 Å². The van der Waals surface area contributed by atoms with E-state index in [4.69, 9.17) is 5.73 Å². The first-order chi connectivity index (χ1) is 9.69. The Balaban J connectivity index is 2.18. The van der Waals surface area contributed by atoms with E-state index in [1.165, 1.54) is 0 Å². The Kier molecular flexibility index (Phi) is 2.98. The van der Waals surface area contributed by atoms with Crippen molar-refractivity contribution in [2.45, 2.75) is 13.3 Å². The molecule has 0 saturated carbocycles. The number of aryl methyl sites for hydroxylation is 2. The molecule has 0 radical (unpaired) electrons. The quantitative estimate of drug-likeness (QED) is 0.761. The van der Waals surface area contributed by atoms with E-state index in [9.17, 15) is 0 Å². The van der Waals surface area contributed by atoms with E-state index in [1.807, 2.05) is 37.4 Å². The number of benzene rings is 1. The number of rotatable bonds is 3. The van der Waals surface area contributed by atoms with Crippen molar-refractivity contribution in [2.24, 2.45) is 7.05 Å². The highest BCUT2D eigenvalue weighted by Gasteiger charge is 2.15. The summed E-state index contributed by atoms with van der Waals surface area (Å²) in [5.74, 6) is 0.935. The van der Waals surface area contributed by atoms with Crippen LogP contribution in [0.15, 0.2) is 30.3 Å². The van der Waals surface area contributed by atoms with Crippen LogP contribution in [0.5, 0.6) is 0 Å². The highest BCUT2D eigenvalue weighted by Crippen LogP contribution is 2.27. The van der Waals surface area contributed by atoms with Gasteiger partial charge in [-0.05, 0) is 18.6 Å². The fraction of sp³-hybridized carbons (Fsp3) is 0.214. The number of nitrogens with one attached hydrogen (secondary N) is 1. The number of anilines is 3. The van der Waals surface area contributed by atoms with Crippen LogP contribution in [-0.2, 0) is 13.5 Å². The van der Waals surface area contributed by atoms with Gasteiger partial charge in [-0.3, -0.25) is 0 Å². The molecule has 0 aliphatic heterocycles. The number of nitrogen functional groups attached to an aromatic ring is 1. The highest BCUT2D eigenvalue weighted by atomic mass is 15.3. The molecule has 0 unspecified atom stereocenters. The molecule has 0 atom stereocenters. The average Bonchev–Trinajstić information content (AvgIpc) is 2.77. The van der Waals surface area contributed by atoms with Crippen LogP contribution in [0.1, 0.15) is 12.6 Å². The van der Waals surface area contributed by atoms with Gasteiger partial charge in [0, 0.05) is 12.7 Å². The van der Waals surface area contributed by atoms with Crippen LogP contribution in [0.4, 0.5) is 17.5 Å². The Hall–Kier alpha value is -2.63. The summed E-state index contributed by atoms with van der Waals surface area (Å²) in [6.45, 7) is 2.06. The minimum absolute atomic E-state index is 0.238. The third-order valence-electron chi connectivity index (χ3n) is 3.14. The van der Waals surface area contributed by atoms with Crippen LogP contribution in [0.25, 0.3) is 11.0 Å². The van der Waals surface area contributed by atoms with Crippen molar-refractivity contribution >= 4 is 28.5 Å². The van der Waals surface area contributed by atoms with Gasteiger partial charge in [-0.15, -0.1) is 0 Å². The lowest BCUT2D eigenvalue weighted by molar-refractivity contribution is 0.762. The lowest BCUT2D eigenvalue weighted by Crippen LogP contribution is -2.02. The first-order valence-electron chi connectivity index (χ1n) is 6.50. The monoisotopic (exact) mass is 268 g/mol. The molecule has 0 fully saturated rings. The summed E-state index contributed by atoms with van der Waals surface area (Å²) in [6, 6.07) is 9.86. The molecule has 0 saturated heterocycles. The third kappa shape index (κ3) is 2.05. The van der Waals surface area contributed by atoms with Crippen molar-refractivity contribution in [2.75, 3.05) is 11.1 Å². The summed E-state index contributed by atoms with van der Waals surface area (Å²) in [6.07, 6.45) is 0.814. The lowest BCUT2D eigenvalue weighted by atomic mass is 10.2. The van der Waals surface area contributed by atoms with E-state index < -0.39 is 0 Å². The Morgan fingerprint density at radius 3 is 2.65 bits per heavy atom. The molecule has 20 heavy (non-hydrogen) atoms. The number of hydrogen-bond acceptors (Lipinski definition) is 5. The molecule has 0 bridgehead atoms. The zero-order valence-electron chi connectivity index (χ0n) is 11.5. The molecule has 3 rings (SSSR count). The second-order valence-electron chi connectivity index (χ2n) is 4.54. The Bertz CT molecular complexity index is 747. The first kappa shape index (κ1) is 12.4. The van der Waals surface area contributed by atoms with Gasteiger partial charge >= 0.3 is 0 Å². The summed E-state index contributed by atoms with van der Waals surface area (Å²) in [5, 5.41) is 8.69. The fourth-order valence-electron chi connectivity index (χ4n) is 2.24. The van der Waals surface area contributed by atoms with Crippen molar-refractivity contribution in [1.29, 1.82) is 0 Å². The van der Waals surface area contributed by atoms with Gasteiger partial charge in [-0.2, -0.15) is 15.1 Å². The molecular formula is C14H16N6. The van der Waals surface area contributed by atoms with Gasteiger partial charge in [-0.25, -0.2) is 4.68 Å². The topological polar surface area (TPSA) is 81.7 Å². The Morgan fingerprint density at radius 1 is 1.20 bits per heavy atom. The number of nitrogens with zero attached hydrogens (tertiary/aromatic N) is 4. The number of nitrogens with two attached hydrogens (primary N) is 1. The van der Waals surface area contributed by atoms with E-state index in [1.54, 1.807) is 4.68 Å². The lowest BCUT2D eigenvalue weighted by Gasteiger charge is -2.08. The van der Waals surface area contributed by atoms with Gasteiger partial charge in [-0.1, -0.05) is 25.1 Å². The third-order valence-corrected chi connectivity index (χ3v) is 3.14. The summed E-state index contributed by atoms with van der Waals surface area (Å²) >= 11 is 0. The van der Waals surface area contributed by atoms with Crippen molar-refractivity contribution in [3.8, 4) is 0 Å². The minimum Gasteiger partial charge on any atom is -0.368 e. The van der Waals surface area contributed by atoms with E-state index in [-0.39, 0.29) is 5.95 Å². The molecule has 0 aliphatic carbocycles. The predicted molar refractivity (Wildman–Crippen MR) is 79.8 cm³/mol. The van der Waals surface area contributed by atoms with Crippen molar-refractivity contribution in [1.82, 2.24) is 19.7 Å². The normalized spacial score (nSPS) is 10.9. The molecule has 0 amide bonds. The maximum absolute atomic E-state index is 5.79. The van der Waals surface area contributed by atoms with Crippen LogP contribution in [0.3, 0.4) is 0 Å². The number of aromatic nitrogens is 4. The van der Waals surface area contributed by atoms with Crippen LogP contribution in [0.2, 0.25) is 0 Å². The molecular weight excluding hydrogens is 252 g/mol. The molecule has 2 aromatic heterocycles. The van der Waals surface area contributed by atoms with Gasteiger partial charge in [0.25, 0.3) is 0 Å². The van der Waals surface area contributed by atoms with E-state index in [0.717, 1.165) is 28.8 Å². The maximum atomic E-state index is 5.79. The molecule has 2 heterocycles. The molecule has 0 spiro atoms. The van der Waals surface area contributed by atoms with Gasteiger partial charge < -0.3 is 11.1 Å². The molecule has 102 valence electrons. The van der Waals surface area contributed by atoms with Crippen molar-refractivity contribution < 1.29 is 0 Å². The predicted octanol–water partition coefficient (Wildman–Crippen LogP) is 2.25. The smallest absolute Gasteiger partial charge is 0.224 e. The first-order valence-corrected chi connectivity index (χ1v) is 6.50. The van der Waals surface area contributed by atoms with Gasteiger partial charge in [0.1, 0.15) is 5.82 Å². The van der Waals surface area contributed by atoms with Crippen LogP contribution in [0, 0.1) is 0 Å². The Labute approximate surface area is 116 Å². The number of hydrogen-bond donors (Lipinski definition) is 2. The van der Waals surface area contributed by atoms with Crippen LogP contribution in [-0.4, -0.2) is 19.7 Å². The van der Waals surface area contributed by atoms with Gasteiger partial charge in [0.2, 0.25) is 5.95 Å².